The summed E-state index contributed by atoms with van der Waals surface area (Å²) in [5.74, 6) is -0.488. The highest BCUT2D eigenvalue weighted by atomic mass is 79.9. The van der Waals surface area contributed by atoms with Crippen molar-refractivity contribution in [2.75, 3.05) is 18.1 Å². The van der Waals surface area contributed by atoms with Crippen molar-refractivity contribution in [2.45, 2.75) is 6.54 Å². The number of rotatable bonds is 4. The fraction of sp³-hybridized carbons (Fsp3) is 0.133. The molecular formula is C15H15BrFN3O. The molecule has 21 heavy (non-hydrogen) atoms. The van der Waals surface area contributed by atoms with Crippen molar-refractivity contribution in [1.29, 1.82) is 0 Å². The van der Waals surface area contributed by atoms with E-state index in [9.17, 15) is 9.18 Å². The third-order valence-electron chi connectivity index (χ3n) is 3.02. The van der Waals surface area contributed by atoms with Crippen molar-refractivity contribution in [3.63, 3.8) is 0 Å². The van der Waals surface area contributed by atoms with Crippen LogP contribution in [0.25, 0.3) is 0 Å². The fourth-order valence-electron chi connectivity index (χ4n) is 1.88. The summed E-state index contributed by atoms with van der Waals surface area (Å²) in [7, 11) is 1.56. The van der Waals surface area contributed by atoms with Crippen molar-refractivity contribution in [2.24, 2.45) is 0 Å². The fourth-order valence-corrected chi connectivity index (χ4v) is 2.29. The van der Waals surface area contributed by atoms with E-state index in [0.29, 0.717) is 29.0 Å². The van der Waals surface area contributed by atoms with Crippen LogP contribution < -0.4 is 16.4 Å². The maximum atomic E-state index is 13.6. The number of amides is 1. The van der Waals surface area contributed by atoms with Gasteiger partial charge in [0.2, 0.25) is 0 Å². The van der Waals surface area contributed by atoms with Crippen LogP contribution in [-0.4, -0.2) is 13.0 Å². The Morgan fingerprint density at radius 2 is 2.05 bits per heavy atom. The molecule has 0 spiro atoms. The van der Waals surface area contributed by atoms with E-state index in [-0.39, 0.29) is 11.7 Å². The molecule has 0 saturated carbocycles. The number of nitrogens with one attached hydrogen (secondary N) is 2. The van der Waals surface area contributed by atoms with Gasteiger partial charge >= 0.3 is 0 Å². The molecule has 0 aromatic heterocycles. The lowest BCUT2D eigenvalue weighted by molar-refractivity contribution is 0.0963. The molecule has 110 valence electrons. The molecule has 2 rings (SSSR count). The molecule has 0 unspecified atom stereocenters. The predicted molar refractivity (Wildman–Crippen MR) is 85.7 cm³/mol. The highest BCUT2D eigenvalue weighted by Crippen LogP contribution is 2.22. The summed E-state index contributed by atoms with van der Waals surface area (Å²) in [6, 6.07) is 9.70. The van der Waals surface area contributed by atoms with Gasteiger partial charge in [0.05, 0.1) is 11.4 Å². The Morgan fingerprint density at radius 3 is 2.71 bits per heavy atom. The molecule has 0 bridgehead atoms. The highest BCUT2D eigenvalue weighted by molar-refractivity contribution is 9.10. The Labute approximate surface area is 130 Å². The summed E-state index contributed by atoms with van der Waals surface area (Å²) in [6.45, 7) is 0.300. The van der Waals surface area contributed by atoms with Crippen molar-refractivity contribution in [1.82, 2.24) is 5.32 Å². The number of halogens is 2. The molecule has 0 radical (unpaired) electrons. The molecule has 2 aromatic rings. The molecule has 0 atom stereocenters. The van der Waals surface area contributed by atoms with E-state index in [4.69, 9.17) is 5.73 Å². The van der Waals surface area contributed by atoms with E-state index in [1.807, 2.05) is 0 Å². The average molecular weight is 352 g/mol. The third-order valence-corrected chi connectivity index (χ3v) is 3.51. The second-order valence-corrected chi connectivity index (χ2v) is 5.39. The van der Waals surface area contributed by atoms with Gasteiger partial charge in [-0.05, 0) is 36.4 Å². The van der Waals surface area contributed by atoms with Crippen LogP contribution in [0, 0.1) is 5.82 Å². The number of anilines is 2. The van der Waals surface area contributed by atoms with Crippen LogP contribution in [0.15, 0.2) is 40.9 Å². The number of benzene rings is 2. The van der Waals surface area contributed by atoms with Crippen LogP contribution in [0.3, 0.4) is 0 Å². The SMILES string of the molecule is CNC(=O)c1ccc(NCc2cc(Br)ccc2F)c(N)c1. The van der Waals surface area contributed by atoms with Crippen molar-refractivity contribution >= 4 is 33.2 Å². The second-order valence-electron chi connectivity index (χ2n) is 4.47. The first-order chi connectivity index (χ1) is 10.0. The molecule has 4 nitrogen and oxygen atoms in total. The predicted octanol–water partition coefficient (Wildman–Crippen LogP) is 3.14. The van der Waals surface area contributed by atoms with E-state index < -0.39 is 0 Å². The minimum Gasteiger partial charge on any atom is -0.397 e. The molecule has 6 heteroatoms. The molecular weight excluding hydrogens is 337 g/mol. The minimum absolute atomic E-state index is 0.203. The first kappa shape index (κ1) is 15.3. The van der Waals surface area contributed by atoms with Gasteiger partial charge in [-0.3, -0.25) is 4.79 Å². The lowest BCUT2D eigenvalue weighted by Crippen LogP contribution is -2.18. The second kappa shape index (κ2) is 6.58. The largest absolute Gasteiger partial charge is 0.397 e. The van der Waals surface area contributed by atoms with E-state index in [1.54, 1.807) is 37.4 Å². The molecule has 2 aromatic carbocycles. The summed E-state index contributed by atoms with van der Waals surface area (Å²) < 4.78 is 14.5. The Hall–Kier alpha value is -2.08. The van der Waals surface area contributed by atoms with Gasteiger partial charge < -0.3 is 16.4 Å². The number of hydrogen-bond donors (Lipinski definition) is 3. The minimum atomic E-state index is -0.286. The number of nitrogens with two attached hydrogens (primary N) is 1. The van der Waals surface area contributed by atoms with Crippen LogP contribution in [-0.2, 0) is 6.54 Å². The molecule has 0 aliphatic heterocycles. The molecule has 0 aliphatic carbocycles. The standard InChI is InChI=1S/C15H15BrFN3O/c1-19-15(21)9-2-5-14(13(18)7-9)20-8-10-6-11(16)3-4-12(10)17/h2-7,20H,8,18H2,1H3,(H,19,21). The average Bonchev–Trinajstić information content (AvgIpc) is 2.48. The van der Waals surface area contributed by atoms with Gasteiger partial charge in [-0.1, -0.05) is 15.9 Å². The lowest BCUT2D eigenvalue weighted by Gasteiger charge is -2.11. The van der Waals surface area contributed by atoms with Gasteiger partial charge in [-0.25, -0.2) is 4.39 Å². The monoisotopic (exact) mass is 351 g/mol. The maximum absolute atomic E-state index is 13.6. The van der Waals surface area contributed by atoms with Crippen LogP contribution in [0.1, 0.15) is 15.9 Å². The molecule has 4 N–H and O–H groups in total. The molecule has 0 fully saturated rings. The summed E-state index contributed by atoms with van der Waals surface area (Å²) in [6.07, 6.45) is 0. The van der Waals surface area contributed by atoms with Crippen LogP contribution in [0.2, 0.25) is 0 Å². The maximum Gasteiger partial charge on any atom is 0.251 e. The van der Waals surface area contributed by atoms with E-state index >= 15 is 0 Å². The lowest BCUT2D eigenvalue weighted by atomic mass is 10.1. The summed E-state index contributed by atoms with van der Waals surface area (Å²) >= 11 is 3.31. The smallest absolute Gasteiger partial charge is 0.251 e. The molecule has 0 saturated heterocycles. The van der Waals surface area contributed by atoms with Crippen LogP contribution in [0.5, 0.6) is 0 Å². The molecule has 0 aliphatic rings. The van der Waals surface area contributed by atoms with E-state index in [0.717, 1.165) is 4.47 Å². The van der Waals surface area contributed by atoms with Gasteiger partial charge in [-0.2, -0.15) is 0 Å². The Kier molecular flexibility index (Phi) is 4.80. The highest BCUT2D eigenvalue weighted by Gasteiger charge is 2.08. The van der Waals surface area contributed by atoms with Crippen LogP contribution >= 0.6 is 15.9 Å². The summed E-state index contributed by atoms with van der Waals surface area (Å²) in [5, 5.41) is 5.59. The number of carbonyl (C=O) groups is 1. The van der Waals surface area contributed by atoms with Crippen molar-refractivity contribution < 1.29 is 9.18 Å². The zero-order valence-corrected chi connectivity index (χ0v) is 13.0. The van der Waals surface area contributed by atoms with E-state index in [2.05, 4.69) is 26.6 Å². The van der Waals surface area contributed by atoms with Gasteiger partial charge in [-0.15, -0.1) is 0 Å². The quantitative estimate of drug-likeness (QED) is 0.741. The number of hydrogen-bond acceptors (Lipinski definition) is 3. The Morgan fingerprint density at radius 1 is 1.29 bits per heavy atom. The first-order valence-corrected chi connectivity index (χ1v) is 7.10. The van der Waals surface area contributed by atoms with Crippen molar-refractivity contribution in [3.8, 4) is 0 Å². The first-order valence-electron chi connectivity index (χ1n) is 6.30. The summed E-state index contributed by atoms with van der Waals surface area (Å²) in [4.78, 5) is 11.5. The normalized spacial score (nSPS) is 10.2. The topological polar surface area (TPSA) is 67.2 Å². The Bertz CT molecular complexity index is 676. The van der Waals surface area contributed by atoms with Gasteiger partial charge in [0.1, 0.15) is 5.82 Å². The summed E-state index contributed by atoms with van der Waals surface area (Å²) in [5.41, 5.74) is 8.00. The van der Waals surface area contributed by atoms with Crippen LogP contribution in [0.4, 0.5) is 15.8 Å². The zero-order valence-electron chi connectivity index (χ0n) is 11.4. The van der Waals surface area contributed by atoms with Crippen molar-refractivity contribution in [3.05, 3.63) is 57.8 Å². The zero-order chi connectivity index (χ0) is 15.4. The Balaban J connectivity index is 2.13. The number of carbonyl (C=O) groups excluding carboxylic acids is 1. The molecule has 1 amide bonds. The third kappa shape index (κ3) is 3.72. The molecule has 0 heterocycles. The van der Waals surface area contributed by atoms with Gasteiger partial charge in [0.15, 0.2) is 0 Å². The van der Waals surface area contributed by atoms with Gasteiger partial charge in [0.25, 0.3) is 5.91 Å². The number of nitrogen functional groups attached to an aromatic ring is 1. The van der Waals surface area contributed by atoms with Gasteiger partial charge in [0, 0.05) is 29.2 Å². The van der Waals surface area contributed by atoms with E-state index in [1.165, 1.54) is 6.07 Å².